The molecule has 0 saturated carbocycles. The fourth-order valence-electron chi connectivity index (χ4n) is 2.22. The zero-order valence-electron chi connectivity index (χ0n) is 13.1. The number of rotatable bonds is 6. The highest BCUT2D eigenvalue weighted by atomic mass is 16.4. The molecule has 3 N–H and O–H groups in total. The Balaban J connectivity index is 1.78. The molecular formula is C17H20N2O4. The van der Waals surface area contributed by atoms with Crippen molar-refractivity contribution in [1.82, 2.24) is 10.6 Å². The van der Waals surface area contributed by atoms with Crippen molar-refractivity contribution in [3.8, 4) is 0 Å². The molecule has 0 fully saturated rings. The van der Waals surface area contributed by atoms with E-state index >= 15 is 0 Å². The Morgan fingerprint density at radius 2 is 1.87 bits per heavy atom. The summed E-state index contributed by atoms with van der Waals surface area (Å²) in [7, 11) is 0. The van der Waals surface area contributed by atoms with Gasteiger partial charge in [0.15, 0.2) is 0 Å². The SMILES string of the molecule is Cc1cc(C)cc(C(=O)NCC(=O)NCC(O)c2ccco2)c1. The van der Waals surface area contributed by atoms with Gasteiger partial charge in [-0.15, -0.1) is 0 Å². The van der Waals surface area contributed by atoms with E-state index in [1.165, 1.54) is 6.26 Å². The van der Waals surface area contributed by atoms with Crippen LogP contribution in [0.5, 0.6) is 0 Å². The maximum Gasteiger partial charge on any atom is 0.251 e. The van der Waals surface area contributed by atoms with Gasteiger partial charge in [-0.05, 0) is 38.1 Å². The lowest BCUT2D eigenvalue weighted by molar-refractivity contribution is -0.120. The second-order valence-corrected chi connectivity index (χ2v) is 5.39. The van der Waals surface area contributed by atoms with Crippen LogP contribution < -0.4 is 10.6 Å². The number of aryl methyl sites for hydroxylation is 2. The van der Waals surface area contributed by atoms with Crippen molar-refractivity contribution in [3.63, 3.8) is 0 Å². The zero-order chi connectivity index (χ0) is 16.8. The number of aliphatic hydroxyl groups is 1. The molecule has 1 unspecified atom stereocenters. The minimum atomic E-state index is -0.913. The molecule has 1 aromatic heterocycles. The summed E-state index contributed by atoms with van der Waals surface area (Å²) < 4.78 is 5.03. The number of hydrogen-bond acceptors (Lipinski definition) is 4. The van der Waals surface area contributed by atoms with Crippen molar-refractivity contribution in [3.05, 3.63) is 59.0 Å². The highest BCUT2D eigenvalue weighted by Crippen LogP contribution is 2.11. The van der Waals surface area contributed by atoms with Crippen molar-refractivity contribution in [2.24, 2.45) is 0 Å². The Morgan fingerprint density at radius 1 is 1.17 bits per heavy atom. The summed E-state index contributed by atoms with van der Waals surface area (Å²) in [6, 6.07) is 8.78. The lowest BCUT2D eigenvalue weighted by atomic mass is 10.1. The quantitative estimate of drug-likeness (QED) is 0.752. The second kappa shape index (κ2) is 7.60. The second-order valence-electron chi connectivity index (χ2n) is 5.39. The van der Waals surface area contributed by atoms with Crippen LogP contribution in [-0.2, 0) is 4.79 Å². The van der Waals surface area contributed by atoms with Crippen molar-refractivity contribution in [2.75, 3.05) is 13.1 Å². The first kappa shape index (κ1) is 16.8. The standard InChI is InChI=1S/C17H20N2O4/c1-11-6-12(2)8-13(7-11)17(22)19-10-16(21)18-9-14(20)15-4-3-5-23-15/h3-8,14,20H,9-10H2,1-2H3,(H,18,21)(H,19,22). The number of aliphatic hydroxyl groups excluding tert-OH is 1. The lowest BCUT2D eigenvalue weighted by Crippen LogP contribution is -2.38. The molecule has 0 spiro atoms. The number of nitrogens with one attached hydrogen (secondary N) is 2. The van der Waals surface area contributed by atoms with Crippen LogP contribution in [0.25, 0.3) is 0 Å². The first-order valence-electron chi connectivity index (χ1n) is 7.30. The van der Waals surface area contributed by atoms with Crippen LogP contribution in [0.2, 0.25) is 0 Å². The molecule has 1 heterocycles. The van der Waals surface area contributed by atoms with Gasteiger partial charge in [-0.25, -0.2) is 0 Å². The molecule has 6 heteroatoms. The van der Waals surface area contributed by atoms with Gasteiger partial charge in [0.1, 0.15) is 11.9 Å². The Morgan fingerprint density at radius 3 is 2.48 bits per heavy atom. The van der Waals surface area contributed by atoms with Crippen LogP contribution in [0.15, 0.2) is 41.0 Å². The molecule has 23 heavy (non-hydrogen) atoms. The molecule has 0 aliphatic heterocycles. The molecule has 2 rings (SSSR count). The summed E-state index contributed by atoms with van der Waals surface area (Å²) in [5.74, 6) is -0.309. The number of hydrogen-bond donors (Lipinski definition) is 3. The fourth-order valence-corrected chi connectivity index (χ4v) is 2.22. The third-order valence-corrected chi connectivity index (χ3v) is 3.26. The van der Waals surface area contributed by atoms with Gasteiger partial charge in [0, 0.05) is 5.56 Å². The number of furan rings is 1. The topological polar surface area (TPSA) is 91.6 Å². The summed E-state index contributed by atoms with van der Waals surface area (Å²) in [6.07, 6.45) is 0.536. The molecule has 0 aliphatic carbocycles. The van der Waals surface area contributed by atoms with Gasteiger partial charge in [0.05, 0.1) is 19.4 Å². The van der Waals surface area contributed by atoms with Crippen LogP contribution in [0.4, 0.5) is 0 Å². The van der Waals surface area contributed by atoms with Gasteiger partial charge in [-0.3, -0.25) is 9.59 Å². The third-order valence-electron chi connectivity index (χ3n) is 3.26. The Hall–Kier alpha value is -2.60. The van der Waals surface area contributed by atoms with Crippen LogP contribution in [0.3, 0.4) is 0 Å². The lowest BCUT2D eigenvalue weighted by Gasteiger charge is -2.10. The molecule has 1 atom stereocenters. The van der Waals surface area contributed by atoms with Crippen molar-refractivity contribution in [1.29, 1.82) is 0 Å². The van der Waals surface area contributed by atoms with Crippen LogP contribution in [0.1, 0.15) is 33.3 Å². The van der Waals surface area contributed by atoms with E-state index in [0.717, 1.165) is 11.1 Å². The van der Waals surface area contributed by atoms with Gasteiger partial charge >= 0.3 is 0 Å². The normalized spacial score (nSPS) is 11.8. The van der Waals surface area contributed by atoms with Crippen molar-refractivity contribution >= 4 is 11.8 Å². The summed E-state index contributed by atoms with van der Waals surface area (Å²) in [5.41, 5.74) is 2.49. The monoisotopic (exact) mass is 316 g/mol. The Bertz CT molecular complexity index is 660. The average molecular weight is 316 g/mol. The summed E-state index contributed by atoms with van der Waals surface area (Å²) in [5, 5.41) is 14.9. The van der Waals surface area contributed by atoms with E-state index in [4.69, 9.17) is 4.42 Å². The number of carbonyl (C=O) groups is 2. The maximum absolute atomic E-state index is 12.0. The van der Waals surface area contributed by atoms with Crippen molar-refractivity contribution < 1.29 is 19.1 Å². The highest BCUT2D eigenvalue weighted by Gasteiger charge is 2.13. The van der Waals surface area contributed by atoms with Gasteiger partial charge in [0.25, 0.3) is 5.91 Å². The Kier molecular flexibility index (Phi) is 5.54. The smallest absolute Gasteiger partial charge is 0.251 e. The van der Waals surface area contributed by atoms with E-state index in [-0.39, 0.29) is 24.9 Å². The largest absolute Gasteiger partial charge is 0.467 e. The molecule has 122 valence electrons. The Labute approximate surface area is 134 Å². The van der Waals surface area contributed by atoms with Crippen LogP contribution in [-0.4, -0.2) is 30.0 Å². The highest BCUT2D eigenvalue weighted by molar-refractivity contribution is 5.96. The summed E-state index contributed by atoms with van der Waals surface area (Å²) >= 11 is 0. The van der Waals surface area contributed by atoms with Crippen LogP contribution >= 0.6 is 0 Å². The average Bonchev–Trinajstić information content (AvgIpc) is 3.03. The van der Waals surface area contributed by atoms with E-state index < -0.39 is 6.10 Å². The van der Waals surface area contributed by atoms with Crippen molar-refractivity contribution in [2.45, 2.75) is 20.0 Å². The molecule has 0 saturated heterocycles. The molecule has 0 aliphatic rings. The fraction of sp³-hybridized carbons (Fsp3) is 0.294. The minimum absolute atomic E-state index is 0.0196. The van der Waals surface area contributed by atoms with E-state index in [1.807, 2.05) is 19.9 Å². The third kappa shape index (κ3) is 4.96. The first-order chi connectivity index (χ1) is 11.0. The molecule has 0 bridgehead atoms. The zero-order valence-corrected chi connectivity index (χ0v) is 13.1. The molecule has 0 radical (unpaired) electrons. The summed E-state index contributed by atoms with van der Waals surface area (Å²) in [6.45, 7) is 3.68. The van der Waals surface area contributed by atoms with Crippen LogP contribution in [0, 0.1) is 13.8 Å². The van der Waals surface area contributed by atoms with Gasteiger partial charge in [-0.2, -0.15) is 0 Å². The first-order valence-corrected chi connectivity index (χ1v) is 7.30. The molecule has 2 amide bonds. The van der Waals surface area contributed by atoms with E-state index in [0.29, 0.717) is 11.3 Å². The molecule has 6 nitrogen and oxygen atoms in total. The maximum atomic E-state index is 12.0. The molecule has 2 aromatic rings. The number of benzene rings is 1. The summed E-state index contributed by atoms with van der Waals surface area (Å²) in [4.78, 5) is 23.7. The van der Waals surface area contributed by atoms with E-state index in [9.17, 15) is 14.7 Å². The van der Waals surface area contributed by atoms with Gasteiger partial charge < -0.3 is 20.2 Å². The predicted octanol–water partition coefficient (Wildman–Crippen LogP) is 1.48. The van der Waals surface area contributed by atoms with Gasteiger partial charge in [-0.1, -0.05) is 17.2 Å². The minimum Gasteiger partial charge on any atom is -0.467 e. The van der Waals surface area contributed by atoms with E-state index in [2.05, 4.69) is 10.6 Å². The molecule has 1 aromatic carbocycles. The number of carbonyl (C=O) groups excluding carboxylic acids is 2. The predicted molar refractivity (Wildman–Crippen MR) is 84.9 cm³/mol. The number of amides is 2. The van der Waals surface area contributed by atoms with E-state index in [1.54, 1.807) is 24.3 Å². The molecular weight excluding hydrogens is 296 g/mol. The van der Waals surface area contributed by atoms with Gasteiger partial charge in [0.2, 0.25) is 5.91 Å².